The number of aliphatic hydroxyl groups excluding tert-OH is 1. The Morgan fingerprint density at radius 3 is 2.19 bits per heavy atom. The Bertz CT molecular complexity index is 2030. The zero-order valence-electron chi connectivity index (χ0n) is 25.5. The zero-order chi connectivity index (χ0) is 33.8. The quantitative estimate of drug-likeness (QED) is 0.143. The van der Waals surface area contributed by atoms with E-state index in [-0.39, 0.29) is 48.3 Å². The van der Waals surface area contributed by atoms with Crippen LogP contribution in [0.15, 0.2) is 103 Å². The highest BCUT2D eigenvalue weighted by atomic mass is 19.1. The van der Waals surface area contributed by atoms with Crippen molar-refractivity contribution >= 4 is 23.1 Å². The van der Waals surface area contributed by atoms with Crippen LogP contribution in [-0.2, 0) is 22.6 Å². The van der Waals surface area contributed by atoms with E-state index in [1.807, 2.05) is 24.3 Å². The predicted molar refractivity (Wildman–Crippen MR) is 171 cm³/mol. The number of carbonyl (C=O) groups is 2. The fourth-order valence-corrected chi connectivity index (χ4v) is 5.56. The SMILES string of the molecule is O=C(C=C(O)c1cc(Cc2c(F)cccc2F)cn(Cc2ccccc2F)c1=O)C(=O)N1CCN(c2ccc(-n3cncn3)cc2)CC1. The third-order valence-electron chi connectivity index (χ3n) is 8.10. The molecule has 244 valence electrons. The summed E-state index contributed by atoms with van der Waals surface area (Å²) in [7, 11) is 0. The number of anilines is 1. The van der Waals surface area contributed by atoms with E-state index in [2.05, 4.69) is 15.0 Å². The molecule has 0 radical (unpaired) electrons. The molecule has 13 heteroatoms. The van der Waals surface area contributed by atoms with Gasteiger partial charge in [0, 0.05) is 61.7 Å². The van der Waals surface area contributed by atoms with Crippen molar-refractivity contribution < 1.29 is 27.9 Å². The van der Waals surface area contributed by atoms with Crippen LogP contribution < -0.4 is 10.5 Å². The smallest absolute Gasteiger partial charge is 0.294 e. The van der Waals surface area contributed by atoms with Crippen molar-refractivity contribution in [1.82, 2.24) is 24.2 Å². The van der Waals surface area contributed by atoms with E-state index in [0.29, 0.717) is 19.2 Å². The molecule has 1 N–H and O–H groups in total. The summed E-state index contributed by atoms with van der Waals surface area (Å²) in [6, 6.07) is 18.0. The third-order valence-corrected chi connectivity index (χ3v) is 8.10. The zero-order valence-corrected chi connectivity index (χ0v) is 25.5. The second-order valence-electron chi connectivity index (χ2n) is 11.2. The van der Waals surface area contributed by atoms with Crippen LogP contribution in [0.3, 0.4) is 0 Å². The van der Waals surface area contributed by atoms with E-state index >= 15 is 0 Å². The maximum Gasteiger partial charge on any atom is 0.294 e. The van der Waals surface area contributed by atoms with Gasteiger partial charge in [0.2, 0.25) is 5.78 Å². The van der Waals surface area contributed by atoms with Crippen molar-refractivity contribution in [3.8, 4) is 5.69 Å². The van der Waals surface area contributed by atoms with Gasteiger partial charge in [0.25, 0.3) is 11.5 Å². The van der Waals surface area contributed by atoms with Gasteiger partial charge < -0.3 is 19.5 Å². The number of nitrogens with zero attached hydrogens (tertiary/aromatic N) is 6. The van der Waals surface area contributed by atoms with Gasteiger partial charge in [0.1, 0.15) is 35.9 Å². The Morgan fingerprint density at radius 2 is 1.52 bits per heavy atom. The van der Waals surface area contributed by atoms with E-state index < -0.39 is 40.5 Å². The topological polar surface area (TPSA) is 114 Å². The minimum atomic E-state index is -1.05. The van der Waals surface area contributed by atoms with E-state index in [1.165, 1.54) is 47.8 Å². The molecule has 0 saturated carbocycles. The first kappa shape index (κ1) is 32.0. The Morgan fingerprint density at radius 1 is 0.854 bits per heavy atom. The van der Waals surface area contributed by atoms with Crippen molar-refractivity contribution in [2.45, 2.75) is 13.0 Å². The second-order valence-corrected chi connectivity index (χ2v) is 11.2. The molecule has 1 amide bonds. The second kappa shape index (κ2) is 13.8. The summed E-state index contributed by atoms with van der Waals surface area (Å²) in [5.74, 6) is -4.92. The number of aliphatic hydroxyl groups is 1. The van der Waals surface area contributed by atoms with Crippen LogP contribution in [0.2, 0.25) is 0 Å². The number of carbonyl (C=O) groups excluding carboxylic acids is 2. The summed E-state index contributed by atoms with van der Waals surface area (Å²) in [6.45, 7) is 1.12. The number of hydrogen-bond acceptors (Lipinski definition) is 7. The fraction of sp³-hybridized carbons (Fsp3) is 0.171. The van der Waals surface area contributed by atoms with Crippen molar-refractivity contribution in [3.63, 3.8) is 0 Å². The first-order valence-corrected chi connectivity index (χ1v) is 15.0. The fourth-order valence-electron chi connectivity index (χ4n) is 5.56. The number of piperazine rings is 1. The summed E-state index contributed by atoms with van der Waals surface area (Å²) >= 11 is 0. The lowest BCUT2D eigenvalue weighted by atomic mass is 10.0. The van der Waals surface area contributed by atoms with Crippen LogP contribution >= 0.6 is 0 Å². The maximum atomic E-state index is 14.5. The Labute approximate surface area is 272 Å². The average molecular weight is 655 g/mol. The molecule has 1 aliphatic rings. The molecule has 48 heavy (non-hydrogen) atoms. The molecular weight excluding hydrogens is 625 g/mol. The molecule has 0 unspecified atom stereocenters. The molecule has 0 bridgehead atoms. The summed E-state index contributed by atoms with van der Waals surface area (Å²) in [6.07, 6.45) is 4.70. The summed E-state index contributed by atoms with van der Waals surface area (Å²) < 4.78 is 46.2. The van der Waals surface area contributed by atoms with Crippen molar-refractivity contribution in [3.05, 3.63) is 148 Å². The van der Waals surface area contributed by atoms with Crippen LogP contribution in [0.4, 0.5) is 18.9 Å². The number of rotatable bonds is 9. The first-order valence-electron chi connectivity index (χ1n) is 15.0. The van der Waals surface area contributed by atoms with E-state index in [1.54, 1.807) is 17.1 Å². The lowest BCUT2D eigenvalue weighted by Crippen LogP contribution is -2.50. The molecule has 3 heterocycles. The molecule has 1 saturated heterocycles. The van der Waals surface area contributed by atoms with Gasteiger partial charge in [-0.15, -0.1) is 0 Å². The number of ketones is 1. The van der Waals surface area contributed by atoms with Crippen LogP contribution in [0.5, 0.6) is 0 Å². The molecule has 1 fully saturated rings. The molecule has 0 spiro atoms. The van der Waals surface area contributed by atoms with Gasteiger partial charge in [0.15, 0.2) is 0 Å². The molecule has 6 rings (SSSR count). The van der Waals surface area contributed by atoms with E-state index in [0.717, 1.165) is 28.1 Å². The minimum absolute atomic E-state index is 0.153. The van der Waals surface area contributed by atoms with Crippen molar-refractivity contribution in [2.75, 3.05) is 31.1 Å². The number of pyridine rings is 1. The molecule has 2 aromatic heterocycles. The highest BCUT2D eigenvalue weighted by molar-refractivity contribution is 6.41. The van der Waals surface area contributed by atoms with Gasteiger partial charge >= 0.3 is 0 Å². The molecule has 0 aliphatic carbocycles. The Kier molecular flexibility index (Phi) is 9.19. The number of halogens is 3. The number of benzene rings is 3. The highest BCUT2D eigenvalue weighted by Gasteiger charge is 2.26. The number of aromatic nitrogens is 4. The summed E-state index contributed by atoms with van der Waals surface area (Å²) in [5, 5.41) is 15.1. The first-order chi connectivity index (χ1) is 23.2. The number of amides is 1. The van der Waals surface area contributed by atoms with Gasteiger partial charge in [-0.2, -0.15) is 5.10 Å². The molecular formula is C35H29F3N6O4. The third kappa shape index (κ3) is 6.89. The normalized spacial score (nSPS) is 13.5. The van der Waals surface area contributed by atoms with Crippen LogP contribution in [0.25, 0.3) is 11.4 Å². The Balaban J connectivity index is 1.20. The molecule has 1 aliphatic heterocycles. The summed E-state index contributed by atoms with van der Waals surface area (Å²) in [5.41, 5.74) is 0.658. The van der Waals surface area contributed by atoms with Crippen molar-refractivity contribution in [1.29, 1.82) is 0 Å². The molecule has 10 nitrogen and oxygen atoms in total. The van der Waals surface area contributed by atoms with Gasteiger partial charge in [-0.1, -0.05) is 24.3 Å². The van der Waals surface area contributed by atoms with Gasteiger partial charge in [-0.25, -0.2) is 22.8 Å². The lowest BCUT2D eigenvalue weighted by molar-refractivity contribution is -0.142. The standard InChI is InChI=1S/C35H29F3N6O4/c36-29-5-2-1-4-24(29)20-43-19-23(16-27-30(37)6-3-7-31(27)38)17-28(34(43)47)32(45)18-33(46)35(48)42-14-12-41(13-15-42)25-8-10-26(11-9-25)44-22-39-21-40-44/h1-11,17-19,21-22,45H,12-16,20H2. The molecule has 5 aromatic rings. The van der Waals surface area contributed by atoms with Gasteiger partial charge in [0.05, 0.1) is 17.8 Å². The molecule has 3 aromatic carbocycles. The van der Waals surface area contributed by atoms with E-state index in [4.69, 9.17) is 0 Å². The van der Waals surface area contributed by atoms with Gasteiger partial charge in [-0.05, 0) is 54.1 Å². The van der Waals surface area contributed by atoms with E-state index in [9.17, 15) is 32.7 Å². The summed E-state index contributed by atoms with van der Waals surface area (Å²) in [4.78, 5) is 46.9. The van der Waals surface area contributed by atoms with Crippen LogP contribution in [-0.4, -0.2) is 67.2 Å². The predicted octanol–water partition coefficient (Wildman–Crippen LogP) is 4.30. The van der Waals surface area contributed by atoms with Crippen LogP contribution in [0, 0.1) is 17.5 Å². The maximum absolute atomic E-state index is 14.5. The highest BCUT2D eigenvalue weighted by Crippen LogP contribution is 2.21. The monoisotopic (exact) mass is 654 g/mol. The lowest BCUT2D eigenvalue weighted by Gasteiger charge is -2.35. The number of hydrogen-bond donors (Lipinski definition) is 1. The Hall–Kier alpha value is -5.98. The van der Waals surface area contributed by atoms with Crippen molar-refractivity contribution in [2.24, 2.45) is 0 Å². The minimum Gasteiger partial charge on any atom is -0.507 e. The van der Waals surface area contributed by atoms with Gasteiger partial charge in [-0.3, -0.25) is 14.4 Å². The molecule has 0 atom stereocenters. The average Bonchev–Trinajstić information content (AvgIpc) is 3.64. The largest absolute Gasteiger partial charge is 0.507 e. The van der Waals surface area contributed by atoms with Crippen LogP contribution in [0.1, 0.15) is 22.3 Å².